The molecule has 2 atom stereocenters. The van der Waals surface area contributed by atoms with Crippen molar-refractivity contribution in [1.29, 1.82) is 0 Å². The molecule has 0 fully saturated rings. The summed E-state index contributed by atoms with van der Waals surface area (Å²) in [7, 11) is -4.81. The monoisotopic (exact) mass is 550 g/mol. The van der Waals surface area contributed by atoms with Gasteiger partial charge in [-0.1, -0.05) is 90.0 Å². The molecule has 216 valence electrons. The van der Waals surface area contributed by atoms with E-state index < -0.39 is 45.2 Å². The minimum Gasteiger partial charge on any atom is -0.462 e. The van der Waals surface area contributed by atoms with Crippen molar-refractivity contribution in [2.24, 2.45) is 0 Å². The number of aliphatic hydroxyl groups is 1. The Hall–Kier alpha value is -1.58. The number of esters is 2. The summed E-state index contributed by atoms with van der Waals surface area (Å²) in [5.74, 6) is -1.26. The minimum atomic E-state index is -4.81. The van der Waals surface area contributed by atoms with Gasteiger partial charge in [0.2, 0.25) is 0 Å². The van der Waals surface area contributed by atoms with Crippen LogP contribution in [0.15, 0.2) is 12.2 Å². The molecule has 0 amide bonds. The molecule has 0 radical (unpaired) electrons. The molecule has 0 aromatic carbocycles. The Balaban J connectivity index is 4.08. The minimum absolute atomic E-state index is 0.0198. The molecule has 0 saturated carbocycles. The van der Waals surface area contributed by atoms with Gasteiger partial charge >= 0.3 is 19.8 Å². The van der Waals surface area contributed by atoms with Crippen LogP contribution in [0.3, 0.4) is 0 Å². The van der Waals surface area contributed by atoms with Crippen LogP contribution in [0.25, 0.3) is 0 Å². The Kier molecular flexibility index (Phi) is 22.5. The van der Waals surface area contributed by atoms with Crippen LogP contribution in [0.4, 0.5) is 0 Å². The highest BCUT2D eigenvalue weighted by Gasteiger charge is 2.23. The molecular weight excluding hydrogens is 503 g/mol. The van der Waals surface area contributed by atoms with Crippen molar-refractivity contribution in [2.75, 3.05) is 13.2 Å². The zero-order valence-corrected chi connectivity index (χ0v) is 23.2. The number of phosphoric ester groups is 1. The number of ether oxygens (including phenoxy) is 2. The Labute approximate surface area is 221 Å². The zero-order valence-electron chi connectivity index (χ0n) is 22.3. The number of allylic oxidation sites excluding steroid dienone is 1. The Morgan fingerprint density at radius 3 is 1.86 bits per heavy atom. The predicted molar refractivity (Wildman–Crippen MR) is 140 cm³/mol. The lowest BCUT2D eigenvalue weighted by Crippen LogP contribution is -2.29. The van der Waals surface area contributed by atoms with Gasteiger partial charge in [-0.05, 0) is 18.9 Å². The summed E-state index contributed by atoms with van der Waals surface area (Å²) in [6.07, 6.45) is 16.0. The Bertz CT molecular complexity index is 676. The third-order valence-electron chi connectivity index (χ3n) is 5.70. The topological polar surface area (TPSA) is 157 Å². The second-order valence-corrected chi connectivity index (χ2v) is 10.4. The highest BCUT2D eigenvalue weighted by molar-refractivity contribution is 7.46. The molecule has 0 aromatic heterocycles. The first kappa shape index (κ1) is 35.4. The number of carbonyl (C=O) groups is 3. The highest BCUT2D eigenvalue weighted by Crippen LogP contribution is 2.35. The van der Waals surface area contributed by atoms with E-state index in [1.54, 1.807) is 0 Å². The fraction of sp³-hybridized carbons (Fsp3) is 0.808. The maximum atomic E-state index is 12.0. The second-order valence-electron chi connectivity index (χ2n) is 9.20. The first-order valence-corrected chi connectivity index (χ1v) is 15.1. The van der Waals surface area contributed by atoms with Crippen molar-refractivity contribution < 1.29 is 47.8 Å². The van der Waals surface area contributed by atoms with Gasteiger partial charge in [-0.2, -0.15) is 0 Å². The van der Waals surface area contributed by atoms with Crippen LogP contribution < -0.4 is 0 Å². The van der Waals surface area contributed by atoms with Crippen molar-refractivity contribution in [3.05, 3.63) is 12.2 Å². The van der Waals surface area contributed by atoms with E-state index in [0.29, 0.717) is 12.7 Å². The number of unbranched alkanes of at least 4 members (excludes halogenated alkanes) is 12. The molecule has 0 spiro atoms. The van der Waals surface area contributed by atoms with E-state index in [2.05, 4.69) is 11.4 Å². The Morgan fingerprint density at radius 1 is 0.811 bits per heavy atom. The average Bonchev–Trinajstić information content (AvgIpc) is 2.85. The molecular formula is C26H47O10P. The van der Waals surface area contributed by atoms with Gasteiger partial charge in [0.05, 0.1) is 12.7 Å². The number of aliphatic hydroxyl groups excluding tert-OH is 1. The van der Waals surface area contributed by atoms with Gasteiger partial charge in [0.15, 0.2) is 6.10 Å². The van der Waals surface area contributed by atoms with E-state index in [4.69, 9.17) is 19.3 Å². The van der Waals surface area contributed by atoms with E-state index in [0.717, 1.165) is 25.3 Å². The summed E-state index contributed by atoms with van der Waals surface area (Å²) < 4.78 is 25.6. The second kappa shape index (κ2) is 23.5. The van der Waals surface area contributed by atoms with Gasteiger partial charge in [0.1, 0.15) is 12.9 Å². The van der Waals surface area contributed by atoms with Gasteiger partial charge in [0, 0.05) is 12.8 Å². The number of hydrogen-bond acceptors (Lipinski definition) is 8. The lowest BCUT2D eigenvalue weighted by molar-refractivity contribution is -0.161. The van der Waals surface area contributed by atoms with Gasteiger partial charge in [-0.3, -0.25) is 18.9 Å². The molecule has 0 heterocycles. The molecule has 0 aliphatic carbocycles. The van der Waals surface area contributed by atoms with Crippen LogP contribution in [0.1, 0.15) is 110 Å². The van der Waals surface area contributed by atoms with Crippen molar-refractivity contribution in [3.8, 4) is 0 Å². The SMILES string of the molecule is CCCCCCCCCCCCCCCC(=O)OC[C@H](COP(=O)(O)O)OC(=O)CCC(O)/C=C/C=O. The van der Waals surface area contributed by atoms with E-state index in [9.17, 15) is 24.1 Å². The van der Waals surface area contributed by atoms with Crippen LogP contribution in [0.5, 0.6) is 0 Å². The number of hydrogen-bond donors (Lipinski definition) is 3. The van der Waals surface area contributed by atoms with Crippen LogP contribution in [-0.2, 0) is 32.9 Å². The van der Waals surface area contributed by atoms with Crippen LogP contribution in [0, 0.1) is 0 Å². The third kappa shape index (κ3) is 25.8. The molecule has 10 nitrogen and oxygen atoms in total. The maximum Gasteiger partial charge on any atom is 0.469 e. The summed E-state index contributed by atoms with van der Waals surface area (Å²) in [5, 5.41) is 9.62. The molecule has 0 saturated heterocycles. The summed E-state index contributed by atoms with van der Waals surface area (Å²) in [6, 6.07) is 0. The van der Waals surface area contributed by atoms with E-state index >= 15 is 0 Å². The molecule has 11 heteroatoms. The van der Waals surface area contributed by atoms with Gasteiger partial charge in [-0.25, -0.2) is 4.57 Å². The van der Waals surface area contributed by atoms with E-state index in [1.165, 1.54) is 63.9 Å². The maximum absolute atomic E-state index is 12.0. The normalized spacial score (nSPS) is 13.4. The fourth-order valence-electron chi connectivity index (χ4n) is 3.62. The van der Waals surface area contributed by atoms with Gasteiger partial charge in [-0.15, -0.1) is 0 Å². The third-order valence-corrected chi connectivity index (χ3v) is 6.18. The number of aldehydes is 1. The van der Waals surface area contributed by atoms with Crippen LogP contribution in [0.2, 0.25) is 0 Å². The summed E-state index contributed by atoms with van der Waals surface area (Å²) in [6.45, 7) is 1.16. The molecule has 0 aliphatic heterocycles. The smallest absolute Gasteiger partial charge is 0.462 e. The average molecular weight is 551 g/mol. The van der Waals surface area contributed by atoms with E-state index in [-0.39, 0.29) is 19.3 Å². The molecule has 3 N–H and O–H groups in total. The quantitative estimate of drug-likeness (QED) is 0.0468. The summed E-state index contributed by atoms with van der Waals surface area (Å²) in [4.78, 5) is 52.1. The number of carbonyl (C=O) groups excluding carboxylic acids is 3. The van der Waals surface area contributed by atoms with E-state index in [1.807, 2.05) is 0 Å². The lowest BCUT2D eigenvalue weighted by Gasteiger charge is -2.18. The first-order valence-electron chi connectivity index (χ1n) is 13.5. The van der Waals surface area contributed by atoms with Crippen molar-refractivity contribution in [3.63, 3.8) is 0 Å². The number of rotatable bonds is 25. The predicted octanol–water partition coefficient (Wildman–Crippen LogP) is 4.93. The largest absolute Gasteiger partial charge is 0.469 e. The lowest BCUT2D eigenvalue weighted by atomic mass is 10.0. The molecule has 0 bridgehead atoms. The van der Waals surface area contributed by atoms with Gasteiger partial charge in [0.25, 0.3) is 0 Å². The van der Waals surface area contributed by atoms with Gasteiger partial charge < -0.3 is 24.4 Å². The molecule has 37 heavy (non-hydrogen) atoms. The standard InChI is InChI=1S/C26H47O10P/c1-2-3-4-5-6-7-8-9-10-11-12-13-14-17-25(29)34-21-24(22-35-37(31,32)33)36-26(30)19-18-23(28)16-15-20-27/h15-16,20,23-24,28H,2-14,17-19,21-22H2,1H3,(H2,31,32,33)/b16-15+/t23?,24-/m1/s1. The van der Waals surface area contributed by atoms with Crippen molar-refractivity contribution in [2.45, 2.75) is 122 Å². The van der Waals surface area contributed by atoms with Crippen molar-refractivity contribution >= 4 is 26.0 Å². The summed E-state index contributed by atoms with van der Waals surface area (Å²) >= 11 is 0. The van der Waals surface area contributed by atoms with Crippen LogP contribution >= 0.6 is 7.82 Å². The Morgan fingerprint density at radius 2 is 1.35 bits per heavy atom. The summed E-state index contributed by atoms with van der Waals surface area (Å²) in [5.41, 5.74) is 0. The van der Waals surface area contributed by atoms with Crippen molar-refractivity contribution in [1.82, 2.24) is 0 Å². The fourth-order valence-corrected chi connectivity index (χ4v) is 3.98. The molecule has 0 aromatic rings. The zero-order chi connectivity index (χ0) is 27.8. The molecule has 0 rings (SSSR count). The molecule has 1 unspecified atom stereocenters. The number of phosphoric acid groups is 1. The van der Waals surface area contributed by atoms with Crippen LogP contribution in [-0.4, -0.2) is 58.5 Å². The first-order chi connectivity index (χ1) is 17.7. The molecule has 0 aliphatic rings. The highest BCUT2D eigenvalue weighted by atomic mass is 31.2.